The molecule has 0 fully saturated rings. The molecule has 0 saturated carbocycles. The summed E-state index contributed by atoms with van der Waals surface area (Å²) in [6, 6.07) is 0.589. The van der Waals surface area contributed by atoms with Crippen LogP contribution in [0.2, 0.25) is 0 Å². The van der Waals surface area contributed by atoms with Crippen LogP contribution in [0.5, 0.6) is 0 Å². The first-order valence-corrected chi connectivity index (χ1v) is 8.74. The van der Waals surface area contributed by atoms with E-state index in [1.54, 1.807) is 0 Å². The van der Waals surface area contributed by atoms with E-state index in [2.05, 4.69) is 9.97 Å². The fourth-order valence-electron chi connectivity index (χ4n) is 2.75. The van der Waals surface area contributed by atoms with Gasteiger partial charge in [-0.25, -0.2) is 9.97 Å². The summed E-state index contributed by atoms with van der Waals surface area (Å²) in [7, 11) is 0. The summed E-state index contributed by atoms with van der Waals surface area (Å²) >= 11 is 0. The van der Waals surface area contributed by atoms with E-state index in [1.807, 2.05) is 0 Å². The first kappa shape index (κ1) is 31.8. The second kappa shape index (κ2) is 10.6. The second-order valence-electron chi connectivity index (χ2n) is 6.88. The van der Waals surface area contributed by atoms with Crippen molar-refractivity contribution >= 4 is 0 Å². The van der Waals surface area contributed by atoms with Gasteiger partial charge in [0.25, 0.3) is 0 Å². The summed E-state index contributed by atoms with van der Waals surface area (Å²) in [6.45, 7) is 0. The fourth-order valence-corrected chi connectivity index (χ4v) is 2.75. The summed E-state index contributed by atoms with van der Waals surface area (Å²) in [6.07, 6.45) is -27.4. The van der Waals surface area contributed by atoms with E-state index in [4.69, 9.17) is 0 Å². The standard InChI is InChI=1S/C18H9F12N3O2.Hf/c19-15(20,21)9-1-6(2-10(32-9)16(22,23)24)13(34)8(5-31)14(35)7-3-11(17(25,26)27)33-12(4-7)18(28,29)30;/h1-4,8,13-14,34-35H;. The van der Waals surface area contributed by atoms with Crippen LogP contribution in [0.15, 0.2) is 24.3 Å². The maximum absolute atomic E-state index is 13.0. The van der Waals surface area contributed by atoms with E-state index >= 15 is 0 Å². The normalized spacial score (nSPS) is 15.5. The quantitative estimate of drug-likeness (QED) is 0.326. The van der Waals surface area contributed by atoms with Gasteiger partial charge in [0.1, 0.15) is 28.7 Å². The topological polar surface area (TPSA) is 90.0 Å². The van der Waals surface area contributed by atoms with Crippen LogP contribution in [0.25, 0.3) is 0 Å². The Hall–Kier alpha value is -2.26. The van der Waals surface area contributed by atoms with Crippen molar-refractivity contribution in [3.63, 3.8) is 0 Å². The predicted octanol–water partition coefficient (Wildman–Crippen LogP) is 5.46. The Morgan fingerprint density at radius 2 is 0.806 bits per heavy atom. The molecule has 0 spiro atoms. The number of alkyl halides is 12. The average Bonchev–Trinajstić information content (AvgIpc) is 2.70. The Morgan fingerprint density at radius 1 is 0.583 bits per heavy atom. The predicted molar refractivity (Wildman–Crippen MR) is 87.5 cm³/mol. The van der Waals surface area contributed by atoms with E-state index < -0.39 is 76.7 Å². The first-order chi connectivity index (χ1) is 15.7. The van der Waals surface area contributed by atoms with Gasteiger partial charge in [0, 0.05) is 25.8 Å². The number of rotatable bonds is 4. The maximum atomic E-state index is 13.0. The third-order valence-electron chi connectivity index (χ3n) is 4.37. The molecule has 0 aliphatic heterocycles. The van der Waals surface area contributed by atoms with Gasteiger partial charge in [-0.15, -0.1) is 0 Å². The number of nitriles is 1. The minimum atomic E-state index is -5.48. The van der Waals surface area contributed by atoms with Gasteiger partial charge in [0.15, 0.2) is 0 Å². The van der Waals surface area contributed by atoms with E-state index in [-0.39, 0.29) is 50.1 Å². The van der Waals surface area contributed by atoms with Crippen LogP contribution in [0.1, 0.15) is 46.1 Å². The van der Waals surface area contributed by atoms with Crippen molar-refractivity contribution in [1.82, 2.24) is 9.97 Å². The van der Waals surface area contributed by atoms with Crippen molar-refractivity contribution in [2.45, 2.75) is 36.9 Å². The zero-order chi connectivity index (χ0) is 27.1. The molecular formula is C18H9F12HfN3O2. The molecule has 5 nitrogen and oxygen atoms in total. The molecule has 2 heterocycles. The number of aromatic nitrogens is 2. The van der Waals surface area contributed by atoms with Crippen molar-refractivity contribution in [2.75, 3.05) is 0 Å². The summed E-state index contributed by atoms with van der Waals surface area (Å²) < 4.78 is 156. The van der Waals surface area contributed by atoms with Crippen molar-refractivity contribution in [3.05, 3.63) is 58.2 Å². The zero-order valence-corrected chi connectivity index (χ0v) is 20.4. The Labute approximate surface area is 211 Å². The molecule has 2 rings (SSSR count). The summed E-state index contributed by atoms with van der Waals surface area (Å²) in [5.74, 6) is -2.52. The Balaban J connectivity index is 0.00000648. The molecule has 0 saturated heterocycles. The molecule has 2 aromatic heterocycles. The summed E-state index contributed by atoms with van der Waals surface area (Å²) in [5, 5.41) is 29.7. The van der Waals surface area contributed by atoms with Gasteiger partial charge in [-0.3, -0.25) is 0 Å². The third kappa shape index (κ3) is 7.38. The number of nitrogens with zero attached hydrogens (tertiary/aromatic N) is 3. The number of pyridine rings is 2. The number of hydrogen-bond acceptors (Lipinski definition) is 5. The molecule has 0 aromatic carbocycles. The van der Waals surface area contributed by atoms with Crippen LogP contribution < -0.4 is 0 Å². The molecule has 36 heavy (non-hydrogen) atoms. The monoisotopic (exact) mass is 707 g/mol. The van der Waals surface area contributed by atoms with Gasteiger partial charge < -0.3 is 10.2 Å². The van der Waals surface area contributed by atoms with Gasteiger partial charge in [-0.05, 0) is 35.4 Å². The molecule has 0 aliphatic rings. The van der Waals surface area contributed by atoms with Crippen LogP contribution in [0.4, 0.5) is 52.7 Å². The second-order valence-corrected chi connectivity index (χ2v) is 6.88. The molecule has 18 heteroatoms. The largest absolute Gasteiger partial charge is 0.433 e. The molecule has 0 radical (unpaired) electrons. The molecule has 2 atom stereocenters. The minimum absolute atomic E-state index is 0. The number of halogens is 12. The van der Waals surface area contributed by atoms with E-state index in [0.29, 0.717) is 0 Å². The van der Waals surface area contributed by atoms with Crippen molar-refractivity contribution in [1.29, 1.82) is 5.26 Å². The van der Waals surface area contributed by atoms with Gasteiger partial charge in [0.05, 0.1) is 18.3 Å². The summed E-state index contributed by atoms with van der Waals surface area (Å²) in [4.78, 5) is 4.72. The van der Waals surface area contributed by atoms with Crippen LogP contribution in [0.3, 0.4) is 0 Å². The Morgan fingerprint density at radius 3 is 0.972 bits per heavy atom. The molecule has 196 valence electrons. The number of aliphatic hydroxyl groups is 2. The first-order valence-electron chi connectivity index (χ1n) is 8.74. The van der Waals surface area contributed by atoms with Gasteiger partial charge in [0.2, 0.25) is 0 Å². The molecule has 0 amide bonds. The maximum Gasteiger partial charge on any atom is 0.433 e. The minimum Gasteiger partial charge on any atom is -0.387 e. The van der Waals surface area contributed by atoms with Crippen LogP contribution in [-0.4, -0.2) is 20.2 Å². The molecule has 2 unspecified atom stereocenters. The van der Waals surface area contributed by atoms with Crippen molar-refractivity contribution in [2.24, 2.45) is 5.92 Å². The Kier molecular flexibility index (Phi) is 9.37. The van der Waals surface area contributed by atoms with Crippen LogP contribution >= 0.6 is 0 Å². The van der Waals surface area contributed by atoms with E-state index in [9.17, 15) is 68.2 Å². The van der Waals surface area contributed by atoms with E-state index in [1.165, 1.54) is 0 Å². The van der Waals surface area contributed by atoms with Crippen molar-refractivity contribution < 1.29 is 88.7 Å². The van der Waals surface area contributed by atoms with Gasteiger partial charge in [-0.2, -0.15) is 57.9 Å². The van der Waals surface area contributed by atoms with Crippen LogP contribution in [-0.2, 0) is 50.5 Å². The number of hydrogen-bond donors (Lipinski definition) is 2. The fraction of sp³-hybridized carbons (Fsp3) is 0.389. The third-order valence-corrected chi connectivity index (χ3v) is 4.37. The van der Waals surface area contributed by atoms with Crippen LogP contribution in [0, 0.1) is 17.2 Å². The molecular weight excluding hydrogens is 697 g/mol. The van der Waals surface area contributed by atoms with Crippen molar-refractivity contribution in [3.8, 4) is 6.07 Å². The van der Waals surface area contributed by atoms with Gasteiger partial charge in [-0.1, -0.05) is 0 Å². The SMILES string of the molecule is N#CC(C(O)c1cc(C(F)(F)F)nc(C(F)(F)F)c1)C(O)c1cc(C(F)(F)F)nc(C(F)(F)F)c1.[Hf]. The van der Waals surface area contributed by atoms with Gasteiger partial charge >= 0.3 is 24.7 Å². The van der Waals surface area contributed by atoms with E-state index in [0.717, 1.165) is 6.07 Å². The number of aliphatic hydroxyl groups excluding tert-OH is 2. The summed E-state index contributed by atoms with van der Waals surface area (Å²) in [5.41, 5.74) is -11.3. The smallest absolute Gasteiger partial charge is 0.387 e. The molecule has 0 aliphatic carbocycles. The molecule has 2 aromatic rings. The molecule has 0 bridgehead atoms. The molecule has 2 N–H and O–H groups in total. The zero-order valence-electron chi connectivity index (χ0n) is 16.8. The average molecular weight is 706 g/mol. The Bertz CT molecular complexity index is 977.